The second-order valence-electron chi connectivity index (χ2n) is 8.38. The Bertz CT molecular complexity index is 1560. The molecule has 0 atom stereocenters. The third-order valence-electron chi connectivity index (χ3n) is 5.81. The first-order chi connectivity index (χ1) is 18.2. The van der Waals surface area contributed by atoms with Crippen molar-refractivity contribution in [1.29, 1.82) is 0 Å². The maximum absolute atomic E-state index is 13.4. The van der Waals surface area contributed by atoms with Gasteiger partial charge in [-0.1, -0.05) is 91.0 Å². The molecule has 0 aliphatic carbocycles. The van der Waals surface area contributed by atoms with Crippen molar-refractivity contribution in [2.45, 2.75) is 19.7 Å². The normalized spacial score (nSPS) is 10.7. The molecule has 0 fully saturated rings. The molecule has 0 saturated carbocycles. The maximum atomic E-state index is 13.4. The van der Waals surface area contributed by atoms with Crippen molar-refractivity contribution < 1.29 is 9.63 Å². The number of fused-ring (bicyclic) bond motifs is 1. The van der Waals surface area contributed by atoms with Crippen LogP contribution in [0.1, 0.15) is 27.0 Å². The van der Waals surface area contributed by atoms with Crippen LogP contribution in [0.5, 0.6) is 0 Å². The van der Waals surface area contributed by atoms with Gasteiger partial charge in [-0.15, -0.1) is 4.73 Å². The highest BCUT2D eigenvalue weighted by molar-refractivity contribution is 5.98. The molecular weight excluding hydrogens is 466 g/mol. The average Bonchev–Trinajstić information content (AvgIpc) is 2.95. The molecule has 8 heteroatoms. The van der Waals surface area contributed by atoms with Gasteiger partial charge in [-0.3, -0.25) is 9.59 Å². The smallest absolute Gasteiger partial charge is 0.297 e. The van der Waals surface area contributed by atoms with E-state index in [-0.39, 0.29) is 24.4 Å². The molecule has 0 bridgehead atoms. The van der Waals surface area contributed by atoms with Gasteiger partial charge in [0, 0.05) is 13.1 Å². The van der Waals surface area contributed by atoms with Crippen molar-refractivity contribution in [2.75, 3.05) is 5.32 Å². The van der Waals surface area contributed by atoms with E-state index >= 15 is 0 Å². The SMILES string of the molecule is O=C(NCc1ccccc1)c1cc2c(NCc3ccccc3)ncnc2n(OCc2ccccc2)c1=O. The van der Waals surface area contributed by atoms with E-state index in [2.05, 4.69) is 20.6 Å². The van der Waals surface area contributed by atoms with Crippen LogP contribution in [0.2, 0.25) is 0 Å². The van der Waals surface area contributed by atoms with Gasteiger partial charge >= 0.3 is 0 Å². The highest BCUT2D eigenvalue weighted by Gasteiger charge is 2.20. The second-order valence-corrected chi connectivity index (χ2v) is 8.38. The molecular formula is C29H25N5O3. The first kappa shape index (κ1) is 23.7. The molecule has 3 aromatic carbocycles. The number of rotatable bonds is 9. The molecule has 0 unspecified atom stereocenters. The first-order valence-electron chi connectivity index (χ1n) is 11.9. The Kier molecular flexibility index (Phi) is 7.17. The van der Waals surface area contributed by atoms with E-state index in [9.17, 15) is 9.59 Å². The van der Waals surface area contributed by atoms with E-state index < -0.39 is 11.5 Å². The highest BCUT2D eigenvalue weighted by Crippen LogP contribution is 2.20. The van der Waals surface area contributed by atoms with Gasteiger partial charge < -0.3 is 15.5 Å². The van der Waals surface area contributed by atoms with E-state index in [4.69, 9.17) is 4.84 Å². The minimum absolute atomic E-state index is 0.0611. The number of carbonyl (C=O) groups is 1. The molecule has 0 spiro atoms. The van der Waals surface area contributed by atoms with Gasteiger partial charge in [0.2, 0.25) is 0 Å². The second kappa shape index (κ2) is 11.2. The van der Waals surface area contributed by atoms with E-state index in [1.165, 1.54) is 12.4 Å². The zero-order chi connectivity index (χ0) is 25.5. The average molecular weight is 492 g/mol. The number of amides is 1. The summed E-state index contributed by atoms with van der Waals surface area (Å²) in [6.45, 7) is 0.917. The number of pyridine rings is 1. The lowest BCUT2D eigenvalue weighted by Crippen LogP contribution is -2.36. The van der Waals surface area contributed by atoms with Crippen LogP contribution in [-0.2, 0) is 19.7 Å². The Morgan fingerprint density at radius 2 is 1.38 bits per heavy atom. The van der Waals surface area contributed by atoms with Crippen LogP contribution in [0.25, 0.3) is 11.0 Å². The van der Waals surface area contributed by atoms with Gasteiger partial charge in [-0.2, -0.15) is 0 Å². The highest BCUT2D eigenvalue weighted by atomic mass is 16.7. The summed E-state index contributed by atoms with van der Waals surface area (Å²) >= 11 is 0. The van der Waals surface area contributed by atoms with Gasteiger partial charge in [0.1, 0.15) is 24.3 Å². The Labute approximate surface area is 213 Å². The Morgan fingerprint density at radius 1 is 0.784 bits per heavy atom. The van der Waals surface area contributed by atoms with Crippen molar-refractivity contribution in [3.8, 4) is 0 Å². The lowest BCUT2D eigenvalue weighted by Gasteiger charge is -2.15. The lowest BCUT2D eigenvalue weighted by atomic mass is 10.1. The molecule has 184 valence electrons. The van der Waals surface area contributed by atoms with Crippen molar-refractivity contribution in [2.24, 2.45) is 0 Å². The third-order valence-corrected chi connectivity index (χ3v) is 5.81. The summed E-state index contributed by atoms with van der Waals surface area (Å²) in [6.07, 6.45) is 1.37. The number of benzene rings is 3. The van der Waals surface area contributed by atoms with Crippen LogP contribution in [0.3, 0.4) is 0 Å². The molecule has 1 amide bonds. The van der Waals surface area contributed by atoms with E-state index in [1.807, 2.05) is 91.0 Å². The fraction of sp³-hybridized carbons (Fsp3) is 0.103. The number of anilines is 1. The summed E-state index contributed by atoms with van der Waals surface area (Å²) in [5.41, 5.74) is 2.47. The molecule has 37 heavy (non-hydrogen) atoms. The lowest BCUT2D eigenvalue weighted by molar-refractivity contribution is 0.0896. The van der Waals surface area contributed by atoms with Crippen LogP contribution in [0.4, 0.5) is 5.82 Å². The topological polar surface area (TPSA) is 98.1 Å². The van der Waals surface area contributed by atoms with Gasteiger partial charge in [-0.25, -0.2) is 9.97 Å². The summed E-state index contributed by atoms with van der Waals surface area (Å²) in [5.74, 6) is -0.0197. The van der Waals surface area contributed by atoms with Crippen molar-refractivity contribution in [1.82, 2.24) is 20.0 Å². The molecule has 5 rings (SSSR count). The molecule has 0 radical (unpaired) electrons. The minimum Gasteiger partial charge on any atom is -0.404 e. The number of hydrogen-bond acceptors (Lipinski definition) is 6. The van der Waals surface area contributed by atoms with Crippen LogP contribution in [0.15, 0.2) is 108 Å². The standard InChI is InChI=1S/C29H25N5O3/c35-28(31-18-22-12-6-2-7-13-22)25-16-24-26(30-17-21-10-4-1-5-11-21)32-20-33-27(24)34(29(25)36)37-19-23-14-8-3-9-15-23/h1-16,20H,17-19H2,(H,31,35)(H,30,32,33). The number of nitrogens with zero attached hydrogens (tertiary/aromatic N) is 3. The number of carbonyl (C=O) groups excluding carboxylic acids is 1. The van der Waals surface area contributed by atoms with Gasteiger partial charge in [0.15, 0.2) is 5.65 Å². The quantitative estimate of drug-likeness (QED) is 0.324. The van der Waals surface area contributed by atoms with Crippen molar-refractivity contribution in [3.05, 3.63) is 136 Å². The van der Waals surface area contributed by atoms with Gasteiger partial charge in [0.05, 0.1) is 5.39 Å². The molecule has 5 aromatic rings. The van der Waals surface area contributed by atoms with Gasteiger partial charge in [-0.05, 0) is 22.8 Å². The molecule has 0 saturated heterocycles. The predicted molar refractivity (Wildman–Crippen MR) is 142 cm³/mol. The molecule has 0 aliphatic heterocycles. The van der Waals surface area contributed by atoms with E-state index in [1.54, 1.807) is 0 Å². The Balaban J connectivity index is 1.51. The summed E-state index contributed by atoms with van der Waals surface area (Å²) in [4.78, 5) is 41.2. The summed E-state index contributed by atoms with van der Waals surface area (Å²) in [6, 6.07) is 30.4. The van der Waals surface area contributed by atoms with Gasteiger partial charge in [0.25, 0.3) is 11.5 Å². The molecule has 8 nitrogen and oxygen atoms in total. The number of nitrogens with one attached hydrogen (secondary N) is 2. The molecule has 2 aromatic heterocycles. The Morgan fingerprint density at radius 3 is 2.03 bits per heavy atom. The Hall–Kier alpha value is -4.98. The molecule has 0 aliphatic rings. The van der Waals surface area contributed by atoms with Crippen molar-refractivity contribution >= 4 is 22.8 Å². The fourth-order valence-electron chi connectivity index (χ4n) is 3.88. The van der Waals surface area contributed by atoms with Crippen LogP contribution < -0.4 is 21.0 Å². The number of hydrogen-bond donors (Lipinski definition) is 2. The zero-order valence-corrected chi connectivity index (χ0v) is 20.0. The monoisotopic (exact) mass is 491 g/mol. The molecule has 2 heterocycles. The molecule has 2 N–H and O–H groups in total. The van der Waals surface area contributed by atoms with Crippen molar-refractivity contribution in [3.63, 3.8) is 0 Å². The van der Waals surface area contributed by atoms with E-state index in [0.29, 0.717) is 17.7 Å². The zero-order valence-electron chi connectivity index (χ0n) is 20.0. The fourth-order valence-corrected chi connectivity index (χ4v) is 3.88. The minimum atomic E-state index is -0.596. The van der Waals surface area contributed by atoms with E-state index in [0.717, 1.165) is 21.4 Å². The number of aromatic nitrogens is 3. The summed E-state index contributed by atoms with van der Waals surface area (Å²) in [5, 5.41) is 6.62. The van der Waals surface area contributed by atoms with Crippen LogP contribution in [-0.4, -0.2) is 20.6 Å². The van der Waals surface area contributed by atoms with Crippen LogP contribution in [0, 0.1) is 0 Å². The first-order valence-corrected chi connectivity index (χ1v) is 11.9. The summed E-state index contributed by atoms with van der Waals surface area (Å²) in [7, 11) is 0. The largest absolute Gasteiger partial charge is 0.404 e. The predicted octanol–water partition coefficient (Wildman–Crippen LogP) is 3.96. The maximum Gasteiger partial charge on any atom is 0.297 e. The van der Waals surface area contributed by atoms with Crippen LogP contribution >= 0.6 is 0 Å². The summed E-state index contributed by atoms with van der Waals surface area (Å²) < 4.78 is 1.08. The third kappa shape index (κ3) is 5.65.